The molecule has 7 rings (SSSR count). The van der Waals surface area contributed by atoms with Crippen LogP contribution in [0.15, 0.2) is 29.0 Å². The monoisotopic (exact) mass is 1190 g/mol. The van der Waals surface area contributed by atoms with Gasteiger partial charge in [0.05, 0.1) is 59.2 Å². The van der Waals surface area contributed by atoms with Gasteiger partial charge in [0, 0.05) is 68.6 Å². The molecule has 84 heavy (non-hydrogen) atoms. The first kappa shape index (κ1) is 68.4. The molecule has 11 N–H and O–H groups in total. The molecule has 3 heterocycles. The number of ketones is 3. The number of aliphatic hydroxyl groups is 8. The number of phenolic OH excluding ortho intramolecular Hbond substituents is 1. The normalized spacial score (nSPS) is 41.6. The molecule has 0 aromatic heterocycles. The Hall–Kier alpha value is -4.67. The number of rotatable bonds is 10. The summed E-state index contributed by atoms with van der Waals surface area (Å²) >= 11 is 0. The van der Waals surface area contributed by atoms with Crippen molar-refractivity contribution >= 4 is 40.7 Å². The molecular formula is C60H94N4O20. The molecule has 0 unspecified atom stereocenters. The largest absolute Gasteiger partial charge is 0.508 e. The fourth-order valence-electron chi connectivity index (χ4n) is 14.1. The molecule has 1 amide bonds. The molecule has 3 saturated heterocycles. The van der Waals surface area contributed by atoms with Crippen LogP contribution in [0.2, 0.25) is 0 Å². The standard InChI is InChI=1S/C37H67NO13.C23H27N3O7/c1-14-25-37(10,45)30(41)20(4)27(39)18(2)16-35(8,44)32(51-34-28(40)24(38(11)12)15-19(3)47-34)21(5)29(22(6)33(43)49-25)50-26-17-36(9,46-13)31(42)23(7)48-26;1-25(2)12-5-6-13(27)15-10(12)7-9-8-11-17(26(3)4)19(29)16(22(24)32)21(31)23(11,33)20(30)14(9)18(15)28/h18-26,28-32,34,40-42,44-45H,14-17H2,1-13H3;5-6,9,11,17,27-28,31,33H,7-8H2,1-4H3,(H2,24,32)/t18-,19-,20+,21+,22-,23+,24+,25-,26+,28-,29+,30-,31+,32-,34+,35-,36-,37-;9-,11-,17-,23-/m10/s1. The number of nitrogens with two attached hydrogens (primary N) is 1. The van der Waals surface area contributed by atoms with Gasteiger partial charge in [0.15, 0.2) is 24.0 Å². The molecule has 24 nitrogen and oxygen atoms in total. The first-order chi connectivity index (χ1) is 38.8. The number of nitrogens with zero attached hydrogens (tertiary/aromatic N) is 3. The second-order valence-electron chi connectivity index (χ2n) is 25.8. The molecule has 22 atom stereocenters. The SMILES string of the molecule is CC[C@H]1OC(=O)[C@H](C)[C@@H](O[C@H]2C[C@@](C)(OC)[C@@H](O)[C@H](C)O2)[C@H](C)[C@@H](O[C@@H]2O[C@H](C)C[C@H](N(C)C)[C@H]2O)[C@](C)(O)C[C@@H](C)C(=O)[C@H](C)[C@@H](O)[C@]1(C)O.CN(C)c1ccc(O)c2c1C[C@H]1C[C@H]3[C@H](N(C)C)C(=O)C(C(N)=O)=C(O)[C@@]3(O)C(=O)C1=C2O. The molecule has 4 fully saturated rings. The van der Waals surface area contributed by atoms with Gasteiger partial charge in [0.1, 0.15) is 52.5 Å². The van der Waals surface area contributed by atoms with Gasteiger partial charge in [-0.05, 0) is 125 Å². The number of primary amides is 1. The number of Topliss-reactive ketones (excluding diaryl/α,β-unsaturated/α-hetero) is 3. The van der Waals surface area contributed by atoms with Crippen LogP contribution in [0.25, 0.3) is 5.76 Å². The number of aromatic hydroxyl groups is 1. The highest BCUT2D eigenvalue weighted by atomic mass is 16.7. The Morgan fingerprint density at radius 1 is 0.821 bits per heavy atom. The van der Waals surface area contributed by atoms with Crippen molar-refractivity contribution in [3.8, 4) is 5.75 Å². The maximum absolute atomic E-state index is 14.1. The molecule has 1 aromatic rings. The summed E-state index contributed by atoms with van der Waals surface area (Å²) in [6.45, 7) is 16.3. The Kier molecular flexibility index (Phi) is 20.8. The number of esters is 1. The topological polar surface area (TPSA) is 359 Å². The number of benzene rings is 1. The van der Waals surface area contributed by atoms with Gasteiger partial charge in [-0.25, -0.2) is 0 Å². The van der Waals surface area contributed by atoms with Gasteiger partial charge in [-0.1, -0.05) is 27.7 Å². The van der Waals surface area contributed by atoms with E-state index in [1.54, 1.807) is 61.7 Å². The van der Waals surface area contributed by atoms with E-state index in [9.17, 15) is 69.9 Å². The summed E-state index contributed by atoms with van der Waals surface area (Å²) in [7, 11) is 11.9. The van der Waals surface area contributed by atoms with Crippen molar-refractivity contribution in [3.05, 3.63) is 40.2 Å². The lowest BCUT2D eigenvalue weighted by Gasteiger charge is -2.50. The van der Waals surface area contributed by atoms with Crippen LogP contribution in [0.3, 0.4) is 0 Å². The number of ether oxygens (including phenoxy) is 6. The smallest absolute Gasteiger partial charge is 0.311 e. The lowest BCUT2D eigenvalue weighted by Crippen LogP contribution is -2.65. The Morgan fingerprint density at radius 3 is 1.99 bits per heavy atom. The number of hydrogen-bond donors (Lipinski definition) is 10. The number of carbonyl (C=O) groups excluding carboxylic acids is 5. The van der Waals surface area contributed by atoms with Gasteiger partial charge >= 0.3 is 5.97 Å². The van der Waals surface area contributed by atoms with Crippen molar-refractivity contribution in [3.63, 3.8) is 0 Å². The summed E-state index contributed by atoms with van der Waals surface area (Å²) < 4.78 is 37.1. The molecule has 3 aliphatic carbocycles. The van der Waals surface area contributed by atoms with Gasteiger partial charge in [-0.2, -0.15) is 0 Å². The summed E-state index contributed by atoms with van der Waals surface area (Å²) in [5.74, 6) is -11.5. The van der Waals surface area contributed by atoms with E-state index < -0.39 is 166 Å². The van der Waals surface area contributed by atoms with Crippen LogP contribution in [-0.4, -0.2) is 230 Å². The van der Waals surface area contributed by atoms with E-state index in [0.717, 1.165) is 5.69 Å². The number of hydrogen-bond acceptors (Lipinski definition) is 23. The van der Waals surface area contributed by atoms with E-state index in [1.807, 2.05) is 44.9 Å². The fourth-order valence-corrected chi connectivity index (χ4v) is 14.1. The van der Waals surface area contributed by atoms with Crippen molar-refractivity contribution in [2.45, 2.75) is 204 Å². The number of carbonyl (C=O) groups is 5. The van der Waals surface area contributed by atoms with Gasteiger partial charge in [0.25, 0.3) is 5.91 Å². The molecule has 3 aliphatic heterocycles. The van der Waals surface area contributed by atoms with Crippen LogP contribution >= 0.6 is 0 Å². The lowest BCUT2D eigenvalue weighted by molar-refractivity contribution is -0.318. The summed E-state index contributed by atoms with van der Waals surface area (Å²) in [6.07, 6.45) is -9.38. The number of phenols is 1. The zero-order valence-electron chi connectivity index (χ0n) is 51.7. The van der Waals surface area contributed by atoms with Gasteiger partial charge < -0.3 is 89.9 Å². The van der Waals surface area contributed by atoms with E-state index >= 15 is 0 Å². The Morgan fingerprint density at radius 2 is 1.44 bits per heavy atom. The second kappa shape index (κ2) is 25.6. The third-order valence-electron chi connectivity index (χ3n) is 18.9. The minimum Gasteiger partial charge on any atom is -0.508 e. The molecule has 0 bridgehead atoms. The van der Waals surface area contributed by atoms with Crippen molar-refractivity contribution in [2.24, 2.45) is 41.2 Å². The van der Waals surface area contributed by atoms with E-state index in [2.05, 4.69) is 0 Å². The minimum atomic E-state index is -2.63. The molecule has 1 saturated carbocycles. The van der Waals surface area contributed by atoms with Crippen molar-refractivity contribution < 1.29 is 98.4 Å². The van der Waals surface area contributed by atoms with Crippen LogP contribution < -0.4 is 10.6 Å². The lowest BCUT2D eigenvalue weighted by atomic mass is 9.57. The average molecular weight is 1190 g/mol. The maximum Gasteiger partial charge on any atom is 0.311 e. The van der Waals surface area contributed by atoms with Gasteiger partial charge in [-0.3, -0.25) is 28.9 Å². The Bertz CT molecular complexity index is 2690. The number of aliphatic hydroxyl groups excluding tert-OH is 5. The number of likely N-dealkylation sites (N-methyl/N-ethyl adjacent to an activating group) is 2. The van der Waals surface area contributed by atoms with Crippen LogP contribution in [0.4, 0.5) is 5.69 Å². The number of fused-ring (bicyclic) bond motifs is 3. The van der Waals surface area contributed by atoms with E-state index in [4.69, 9.17) is 34.2 Å². The quantitative estimate of drug-likeness (QED) is 0.118. The van der Waals surface area contributed by atoms with Gasteiger partial charge in [-0.15, -0.1) is 0 Å². The summed E-state index contributed by atoms with van der Waals surface area (Å²) in [6, 6.07) is 1.68. The van der Waals surface area contributed by atoms with E-state index in [1.165, 1.54) is 38.8 Å². The van der Waals surface area contributed by atoms with Crippen molar-refractivity contribution in [2.75, 3.05) is 54.3 Å². The summed E-state index contributed by atoms with van der Waals surface area (Å²) in [4.78, 5) is 71.8. The molecule has 1 aromatic carbocycles. The predicted octanol–water partition coefficient (Wildman–Crippen LogP) is 1.82. The van der Waals surface area contributed by atoms with Crippen LogP contribution in [0.5, 0.6) is 5.75 Å². The highest BCUT2D eigenvalue weighted by Gasteiger charge is 2.64. The van der Waals surface area contributed by atoms with Crippen molar-refractivity contribution in [1.82, 2.24) is 9.80 Å². The number of methoxy groups -OCH3 is 1. The highest BCUT2D eigenvalue weighted by Crippen LogP contribution is 2.54. The van der Waals surface area contributed by atoms with E-state index in [0.29, 0.717) is 12.0 Å². The zero-order valence-corrected chi connectivity index (χ0v) is 51.7. The van der Waals surface area contributed by atoms with Crippen molar-refractivity contribution in [1.29, 1.82) is 0 Å². The number of cyclic esters (lactones) is 1. The third kappa shape index (κ3) is 12.6. The van der Waals surface area contributed by atoms with Gasteiger partial charge in [0.2, 0.25) is 5.78 Å². The molecule has 0 radical (unpaired) electrons. The van der Waals surface area contributed by atoms with Crippen LogP contribution in [0, 0.1) is 35.5 Å². The third-order valence-corrected chi connectivity index (χ3v) is 18.9. The zero-order chi connectivity index (χ0) is 63.5. The van der Waals surface area contributed by atoms with Crippen LogP contribution in [0.1, 0.15) is 112 Å². The molecule has 474 valence electrons. The van der Waals surface area contributed by atoms with E-state index in [-0.39, 0.29) is 61.1 Å². The number of anilines is 1. The number of amides is 1. The fraction of sp³-hybridized carbons (Fsp3) is 0.750. The first-order valence-electron chi connectivity index (χ1n) is 29.0. The predicted molar refractivity (Wildman–Crippen MR) is 305 cm³/mol. The Balaban J connectivity index is 0.000000294. The molecule has 0 spiro atoms. The molecule has 24 heteroatoms. The second-order valence-corrected chi connectivity index (χ2v) is 25.8. The molecule has 6 aliphatic rings. The van der Waals surface area contributed by atoms with Crippen LogP contribution in [-0.2, 0) is 58.8 Å². The summed E-state index contributed by atoms with van der Waals surface area (Å²) in [5.41, 5.74) is -1.69. The Labute approximate surface area is 492 Å². The summed E-state index contributed by atoms with van der Waals surface area (Å²) in [5, 5.41) is 102. The minimum absolute atomic E-state index is 0.0638. The average Bonchev–Trinajstić information content (AvgIpc) is 0.737. The highest BCUT2D eigenvalue weighted by molar-refractivity contribution is 6.24. The molecular weight excluding hydrogens is 1100 g/mol. The first-order valence-corrected chi connectivity index (χ1v) is 29.0. The maximum atomic E-state index is 14.1.